The van der Waals surface area contributed by atoms with Gasteiger partial charge in [-0.1, -0.05) is 54.6 Å². The predicted octanol–water partition coefficient (Wildman–Crippen LogP) is 2.31. The van der Waals surface area contributed by atoms with E-state index >= 15 is 0 Å². The Kier molecular flexibility index (Phi) is 5.51. The second-order valence-electron chi connectivity index (χ2n) is 7.87. The quantitative estimate of drug-likeness (QED) is 0.424. The minimum absolute atomic E-state index is 0.0874. The number of amides is 1. The Bertz CT molecular complexity index is 1620. The molecule has 1 N–H and O–H groups in total. The molecule has 170 valence electrons. The van der Waals surface area contributed by atoms with Crippen molar-refractivity contribution < 1.29 is 9.18 Å². The number of carbonyl (C=O) groups excluding carboxylic acids is 1. The summed E-state index contributed by atoms with van der Waals surface area (Å²) in [6, 6.07) is 21.9. The maximum atomic E-state index is 13.3. The van der Waals surface area contributed by atoms with E-state index < -0.39 is 5.69 Å². The van der Waals surface area contributed by atoms with Gasteiger partial charge in [0.25, 0.3) is 5.56 Å². The number of fused-ring (bicyclic) bond motifs is 3. The van der Waals surface area contributed by atoms with E-state index in [1.54, 1.807) is 36.4 Å². The van der Waals surface area contributed by atoms with Gasteiger partial charge in [-0.25, -0.2) is 18.3 Å². The van der Waals surface area contributed by atoms with E-state index in [4.69, 9.17) is 0 Å². The molecule has 5 aromatic rings. The van der Waals surface area contributed by atoms with Crippen molar-refractivity contribution in [3.05, 3.63) is 117 Å². The van der Waals surface area contributed by atoms with E-state index in [1.165, 1.54) is 21.1 Å². The van der Waals surface area contributed by atoms with Crippen LogP contribution in [0.3, 0.4) is 0 Å². The first-order chi connectivity index (χ1) is 16.5. The van der Waals surface area contributed by atoms with Gasteiger partial charge in [0, 0.05) is 6.54 Å². The molecule has 0 radical (unpaired) electrons. The van der Waals surface area contributed by atoms with E-state index in [0.29, 0.717) is 23.0 Å². The number of hydrogen-bond donors (Lipinski definition) is 1. The molecule has 9 heteroatoms. The van der Waals surface area contributed by atoms with Crippen LogP contribution >= 0.6 is 0 Å². The van der Waals surface area contributed by atoms with E-state index in [0.717, 1.165) is 10.2 Å². The van der Waals surface area contributed by atoms with Crippen molar-refractivity contribution >= 4 is 22.6 Å². The lowest BCUT2D eigenvalue weighted by Gasteiger charge is -2.09. The lowest BCUT2D eigenvalue weighted by molar-refractivity contribution is -0.122. The summed E-state index contributed by atoms with van der Waals surface area (Å²) in [5.74, 6) is -0.665. The first-order valence-corrected chi connectivity index (χ1v) is 10.7. The second kappa shape index (κ2) is 8.78. The molecule has 0 unspecified atom stereocenters. The number of hydrogen-bond acceptors (Lipinski definition) is 4. The smallest absolute Gasteiger partial charge is 0.350 e. The van der Waals surface area contributed by atoms with Crippen LogP contribution in [0.1, 0.15) is 11.1 Å². The van der Waals surface area contributed by atoms with Crippen LogP contribution in [0.25, 0.3) is 16.7 Å². The first kappa shape index (κ1) is 21.3. The Balaban J connectivity index is 1.55. The van der Waals surface area contributed by atoms with E-state index in [-0.39, 0.29) is 36.2 Å². The molecule has 8 nitrogen and oxygen atoms in total. The van der Waals surface area contributed by atoms with Crippen molar-refractivity contribution in [3.63, 3.8) is 0 Å². The van der Waals surface area contributed by atoms with Crippen molar-refractivity contribution in [2.75, 3.05) is 0 Å². The molecule has 3 aromatic carbocycles. The number of para-hydroxylation sites is 1. The molecule has 0 spiro atoms. The maximum absolute atomic E-state index is 13.3. The molecule has 0 bridgehead atoms. The van der Waals surface area contributed by atoms with Gasteiger partial charge in [-0.05, 0) is 35.4 Å². The third-order valence-electron chi connectivity index (χ3n) is 5.56. The minimum atomic E-state index is -0.533. The molecule has 34 heavy (non-hydrogen) atoms. The Hall–Kier alpha value is -4.53. The lowest BCUT2D eigenvalue weighted by atomic mass is 10.2. The Morgan fingerprint density at radius 1 is 0.882 bits per heavy atom. The molecule has 0 saturated heterocycles. The maximum Gasteiger partial charge on any atom is 0.352 e. The number of halogens is 1. The zero-order valence-corrected chi connectivity index (χ0v) is 18.0. The van der Waals surface area contributed by atoms with Gasteiger partial charge >= 0.3 is 5.69 Å². The molecule has 0 saturated carbocycles. The fourth-order valence-electron chi connectivity index (χ4n) is 3.87. The van der Waals surface area contributed by atoms with Gasteiger partial charge in [0.1, 0.15) is 12.4 Å². The minimum Gasteiger partial charge on any atom is -0.350 e. The average Bonchev–Trinajstić information content (AvgIpc) is 3.18. The normalized spacial score (nSPS) is 11.2. The van der Waals surface area contributed by atoms with Crippen LogP contribution < -0.4 is 16.6 Å². The molecular weight excluding hydrogens is 437 g/mol. The summed E-state index contributed by atoms with van der Waals surface area (Å²) in [6.45, 7) is 0.108. The first-order valence-electron chi connectivity index (χ1n) is 10.7. The van der Waals surface area contributed by atoms with Crippen LogP contribution in [0, 0.1) is 5.82 Å². The Labute approximate surface area is 192 Å². The average molecular weight is 457 g/mol. The van der Waals surface area contributed by atoms with Crippen LogP contribution in [-0.2, 0) is 24.4 Å². The molecule has 0 aliphatic carbocycles. The number of nitrogens with one attached hydrogen (secondary N) is 1. The topological polar surface area (TPSA) is 90.4 Å². The fraction of sp³-hybridized carbons (Fsp3) is 0.120. The van der Waals surface area contributed by atoms with Gasteiger partial charge in [0.05, 0.1) is 17.4 Å². The summed E-state index contributed by atoms with van der Waals surface area (Å²) in [6.07, 6.45) is 0. The number of rotatable bonds is 6. The van der Waals surface area contributed by atoms with E-state index in [1.807, 2.05) is 30.3 Å². The fourth-order valence-corrected chi connectivity index (χ4v) is 3.87. The standard InChI is InChI=1S/C25H20FN5O3/c26-19-12-10-18(11-13-19)15-29-23(33)20-8-4-5-9-21(20)31-24(29)28-30(25(31)34)16-22(32)27-14-17-6-2-1-3-7-17/h1-13H,14-16H2,(H,27,32). The summed E-state index contributed by atoms with van der Waals surface area (Å²) >= 11 is 0. The molecule has 0 aliphatic rings. The third-order valence-corrected chi connectivity index (χ3v) is 5.56. The van der Waals surface area contributed by atoms with Gasteiger partial charge in [0.15, 0.2) is 0 Å². The highest BCUT2D eigenvalue weighted by molar-refractivity contribution is 5.80. The van der Waals surface area contributed by atoms with Crippen LogP contribution in [-0.4, -0.2) is 24.7 Å². The van der Waals surface area contributed by atoms with Crippen LogP contribution in [0.2, 0.25) is 0 Å². The van der Waals surface area contributed by atoms with Crippen molar-refractivity contribution in [1.29, 1.82) is 0 Å². The van der Waals surface area contributed by atoms with Gasteiger partial charge in [-0.2, -0.15) is 0 Å². The van der Waals surface area contributed by atoms with Crippen molar-refractivity contribution in [2.24, 2.45) is 0 Å². The second-order valence-corrected chi connectivity index (χ2v) is 7.87. The summed E-state index contributed by atoms with van der Waals surface area (Å²) in [7, 11) is 0. The summed E-state index contributed by atoms with van der Waals surface area (Å²) in [5.41, 5.74) is 1.13. The highest BCUT2D eigenvalue weighted by Crippen LogP contribution is 2.13. The van der Waals surface area contributed by atoms with Gasteiger partial charge < -0.3 is 5.32 Å². The highest BCUT2D eigenvalue weighted by atomic mass is 19.1. The van der Waals surface area contributed by atoms with Crippen LogP contribution in [0.4, 0.5) is 4.39 Å². The lowest BCUT2D eigenvalue weighted by Crippen LogP contribution is -2.32. The Morgan fingerprint density at radius 2 is 1.59 bits per heavy atom. The number of carbonyl (C=O) groups is 1. The van der Waals surface area contributed by atoms with Crippen molar-refractivity contribution in [1.82, 2.24) is 24.1 Å². The number of nitrogens with zero attached hydrogens (tertiary/aromatic N) is 4. The van der Waals surface area contributed by atoms with E-state index in [9.17, 15) is 18.8 Å². The van der Waals surface area contributed by atoms with Gasteiger partial charge in [-0.15, -0.1) is 5.10 Å². The number of aromatic nitrogens is 4. The molecule has 2 heterocycles. The number of benzene rings is 3. The SMILES string of the molecule is O=C(Cn1nc2n(Cc3ccc(F)cc3)c(=O)c3ccccc3n2c1=O)NCc1ccccc1. The Morgan fingerprint density at radius 3 is 2.35 bits per heavy atom. The largest absolute Gasteiger partial charge is 0.352 e. The van der Waals surface area contributed by atoms with Gasteiger partial charge in [-0.3, -0.25) is 14.2 Å². The molecule has 5 rings (SSSR count). The van der Waals surface area contributed by atoms with Crippen LogP contribution in [0.5, 0.6) is 0 Å². The summed E-state index contributed by atoms with van der Waals surface area (Å²) < 4.78 is 17.1. The third kappa shape index (κ3) is 3.99. The molecule has 2 aromatic heterocycles. The monoisotopic (exact) mass is 457 g/mol. The molecule has 0 atom stereocenters. The molecule has 1 amide bonds. The molecule has 0 aliphatic heterocycles. The predicted molar refractivity (Wildman–Crippen MR) is 125 cm³/mol. The van der Waals surface area contributed by atoms with Crippen molar-refractivity contribution in [3.8, 4) is 0 Å². The zero-order chi connectivity index (χ0) is 23.7. The summed E-state index contributed by atoms with van der Waals surface area (Å²) in [4.78, 5) is 39.0. The van der Waals surface area contributed by atoms with E-state index in [2.05, 4.69) is 10.4 Å². The van der Waals surface area contributed by atoms with Crippen LogP contribution in [0.15, 0.2) is 88.5 Å². The molecule has 0 fully saturated rings. The van der Waals surface area contributed by atoms with Crippen molar-refractivity contribution in [2.45, 2.75) is 19.6 Å². The summed E-state index contributed by atoms with van der Waals surface area (Å²) in [5, 5.41) is 7.44. The molecular formula is C25H20FN5O3. The highest BCUT2D eigenvalue weighted by Gasteiger charge is 2.18. The zero-order valence-electron chi connectivity index (χ0n) is 18.0. The van der Waals surface area contributed by atoms with Gasteiger partial charge in [0.2, 0.25) is 11.7 Å².